The van der Waals surface area contributed by atoms with E-state index in [9.17, 15) is 9.59 Å². The highest BCUT2D eigenvalue weighted by Gasteiger charge is 2.08. The van der Waals surface area contributed by atoms with Crippen LogP contribution in [0, 0.1) is 0 Å². The molecule has 0 heterocycles. The molecule has 5 nitrogen and oxygen atoms in total. The van der Waals surface area contributed by atoms with E-state index < -0.39 is 5.91 Å². The van der Waals surface area contributed by atoms with Gasteiger partial charge in [-0.3, -0.25) is 9.59 Å². The highest BCUT2D eigenvalue weighted by Crippen LogP contribution is 2.13. The molecule has 0 spiro atoms. The van der Waals surface area contributed by atoms with Crippen molar-refractivity contribution in [2.75, 3.05) is 18.4 Å². The van der Waals surface area contributed by atoms with E-state index in [2.05, 4.69) is 10.6 Å². The number of nitrogens with two attached hydrogens (primary N) is 1. The number of carbonyl (C=O) groups is 2. The molecule has 0 aliphatic rings. The van der Waals surface area contributed by atoms with Crippen molar-refractivity contribution in [3.8, 4) is 0 Å². The van der Waals surface area contributed by atoms with Crippen LogP contribution in [-0.4, -0.2) is 24.9 Å². The van der Waals surface area contributed by atoms with E-state index in [0.29, 0.717) is 17.8 Å². The van der Waals surface area contributed by atoms with Gasteiger partial charge >= 0.3 is 0 Å². The van der Waals surface area contributed by atoms with Crippen LogP contribution < -0.4 is 16.4 Å². The van der Waals surface area contributed by atoms with Crippen LogP contribution in [0.5, 0.6) is 0 Å². The fourth-order valence-electron chi connectivity index (χ4n) is 2.08. The zero-order chi connectivity index (χ0) is 15.8. The summed E-state index contributed by atoms with van der Waals surface area (Å²) >= 11 is 0. The van der Waals surface area contributed by atoms with Gasteiger partial charge in [0, 0.05) is 12.2 Å². The Bertz CT molecular complexity index is 641. The summed E-state index contributed by atoms with van der Waals surface area (Å²) in [5.74, 6) is -0.650. The molecule has 2 amide bonds. The molecule has 22 heavy (non-hydrogen) atoms. The van der Waals surface area contributed by atoms with E-state index in [0.717, 1.165) is 6.42 Å². The second-order valence-electron chi connectivity index (χ2n) is 4.85. The van der Waals surface area contributed by atoms with Gasteiger partial charge in [-0.1, -0.05) is 42.5 Å². The Hall–Kier alpha value is -2.82. The Morgan fingerprint density at radius 3 is 2.36 bits per heavy atom. The van der Waals surface area contributed by atoms with Crippen molar-refractivity contribution in [1.82, 2.24) is 5.32 Å². The van der Waals surface area contributed by atoms with Gasteiger partial charge in [-0.05, 0) is 24.1 Å². The maximum absolute atomic E-state index is 11.8. The summed E-state index contributed by atoms with van der Waals surface area (Å²) in [5.41, 5.74) is 7.40. The van der Waals surface area contributed by atoms with Gasteiger partial charge in [0.05, 0.1) is 12.1 Å². The number of anilines is 1. The molecule has 0 saturated heterocycles. The third-order valence-corrected chi connectivity index (χ3v) is 3.21. The van der Waals surface area contributed by atoms with Gasteiger partial charge in [-0.15, -0.1) is 0 Å². The molecule has 114 valence electrons. The summed E-state index contributed by atoms with van der Waals surface area (Å²) in [6, 6.07) is 16.8. The van der Waals surface area contributed by atoms with Gasteiger partial charge in [0.2, 0.25) is 5.91 Å². The summed E-state index contributed by atoms with van der Waals surface area (Å²) in [6.45, 7) is 0.668. The summed E-state index contributed by atoms with van der Waals surface area (Å²) < 4.78 is 0. The van der Waals surface area contributed by atoms with Crippen molar-refractivity contribution in [3.05, 3.63) is 65.7 Å². The van der Waals surface area contributed by atoms with Crippen LogP contribution >= 0.6 is 0 Å². The SMILES string of the molecule is NC(=O)c1ccccc1NCC(=O)NCCc1ccccc1. The van der Waals surface area contributed by atoms with Crippen molar-refractivity contribution in [3.63, 3.8) is 0 Å². The molecule has 0 unspecified atom stereocenters. The molecule has 0 radical (unpaired) electrons. The highest BCUT2D eigenvalue weighted by atomic mass is 16.2. The molecule has 4 N–H and O–H groups in total. The molecule has 2 aromatic carbocycles. The molecule has 2 rings (SSSR count). The Balaban J connectivity index is 1.77. The van der Waals surface area contributed by atoms with E-state index in [4.69, 9.17) is 5.73 Å². The number of rotatable bonds is 7. The summed E-state index contributed by atoms with van der Waals surface area (Å²) in [6.07, 6.45) is 0.782. The Kier molecular flexibility index (Phi) is 5.54. The number of benzene rings is 2. The number of hydrogen-bond donors (Lipinski definition) is 3. The van der Waals surface area contributed by atoms with Gasteiger partial charge in [0.15, 0.2) is 0 Å². The van der Waals surface area contributed by atoms with E-state index in [-0.39, 0.29) is 12.5 Å². The van der Waals surface area contributed by atoms with Crippen LogP contribution in [0.3, 0.4) is 0 Å². The molecule has 0 aliphatic heterocycles. The molecule has 0 aliphatic carbocycles. The second-order valence-corrected chi connectivity index (χ2v) is 4.85. The predicted octanol–water partition coefficient (Wildman–Crippen LogP) is 1.56. The zero-order valence-electron chi connectivity index (χ0n) is 12.2. The first-order valence-electron chi connectivity index (χ1n) is 7.10. The van der Waals surface area contributed by atoms with Crippen molar-refractivity contribution >= 4 is 17.5 Å². The fourth-order valence-corrected chi connectivity index (χ4v) is 2.08. The lowest BCUT2D eigenvalue weighted by atomic mass is 10.1. The van der Waals surface area contributed by atoms with E-state index in [1.807, 2.05) is 30.3 Å². The normalized spacial score (nSPS) is 10.0. The fraction of sp³-hybridized carbons (Fsp3) is 0.176. The topological polar surface area (TPSA) is 84.2 Å². The molecule has 0 bridgehead atoms. The monoisotopic (exact) mass is 297 g/mol. The number of amides is 2. The summed E-state index contributed by atoms with van der Waals surface area (Å²) in [7, 11) is 0. The van der Waals surface area contributed by atoms with E-state index in [1.54, 1.807) is 24.3 Å². The molecule has 0 saturated carbocycles. The zero-order valence-corrected chi connectivity index (χ0v) is 12.2. The smallest absolute Gasteiger partial charge is 0.250 e. The third-order valence-electron chi connectivity index (χ3n) is 3.21. The van der Waals surface area contributed by atoms with Crippen LogP contribution in [0.15, 0.2) is 54.6 Å². The van der Waals surface area contributed by atoms with E-state index in [1.165, 1.54) is 5.56 Å². The number of carbonyl (C=O) groups excluding carboxylic acids is 2. The highest BCUT2D eigenvalue weighted by molar-refractivity contribution is 5.98. The quantitative estimate of drug-likeness (QED) is 0.725. The van der Waals surface area contributed by atoms with Gasteiger partial charge < -0.3 is 16.4 Å². The first kappa shape index (κ1) is 15.6. The number of primary amides is 1. The lowest BCUT2D eigenvalue weighted by Crippen LogP contribution is -2.31. The van der Waals surface area contributed by atoms with Gasteiger partial charge in [-0.2, -0.15) is 0 Å². The van der Waals surface area contributed by atoms with Crippen LogP contribution in [0.1, 0.15) is 15.9 Å². The average molecular weight is 297 g/mol. The van der Waals surface area contributed by atoms with Crippen LogP contribution in [0.2, 0.25) is 0 Å². The Labute approximate surface area is 129 Å². The van der Waals surface area contributed by atoms with E-state index >= 15 is 0 Å². The van der Waals surface area contributed by atoms with Crippen LogP contribution in [0.4, 0.5) is 5.69 Å². The molecule has 0 fully saturated rings. The predicted molar refractivity (Wildman–Crippen MR) is 86.6 cm³/mol. The lowest BCUT2D eigenvalue weighted by molar-refractivity contribution is -0.119. The van der Waals surface area contributed by atoms with Gasteiger partial charge in [0.25, 0.3) is 5.91 Å². The lowest BCUT2D eigenvalue weighted by Gasteiger charge is -2.10. The van der Waals surface area contributed by atoms with Gasteiger partial charge in [0.1, 0.15) is 0 Å². The second kappa shape index (κ2) is 7.83. The number of hydrogen-bond acceptors (Lipinski definition) is 3. The maximum Gasteiger partial charge on any atom is 0.250 e. The van der Waals surface area contributed by atoms with Crippen LogP contribution in [0.25, 0.3) is 0 Å². The summed E-state index contributed by atoms with van der Waals surface area (Å²) in [5, 5.41) is 5.76. The number of nitrogens with one attached hydrogen (secondary N) is 2. The minimum atomic E-state index is -0.521. The number of para-hydroxylation sites is 1. The Morgan fingerprint density at radius 1 is 0.955 bits per heavy atom. The van der Waals surface area contributed by atoms with Gasteiger partial charge in [-0.25, -0.2) is 0 Å². The standard InChI is InChI=1S/C17H19N3O2/c18-17(22)14-8-4-5-9-15(14)20-12-16(21)19-11-10-13-6-2-1-3-7-13/h1-9,20H,10-12H2,(H2,18,22)(H,19,21). The Morgan fingerprint density at radius 2 is 1.64 bits per heavy atom. The molecule has 0 aromatic heterocycles. The molecular formula is C17H19N3O2. The van der Waals surface area contributed by atoms with Crippen molar-refractivity contribution in [2.24, 2.45) is 5.73 Å². The average Bonchev–Trinajstić information content (AvgIpc) is 2.54. The largest absolute Gasteiger partial charge is 0.376 e. The van der Waals surface area contributed by atoms with Crippen molar-refractivity contribution < 1.29 is 9.59 Å². The molecule has 2 aromatic rings. The first-order valence-corrected chi connectivity index (χ1v) is 7.10. The molecular weight excluding hydrogens is 278 g/mol. The molecule has 0 atom stereocenters. The summed E-state index contributed by atoms with van der Waals surface area (Å²) in [4.78, 5) is 23.1. The van der Waals surface area contributed by atoms with Crippen LogP contribution in [-0.2, 0) is 11.2 Å². The minimum absolute atomic E-state index is 0.0963. The minimum Gasteiger partial charge on any atom is -0.376 e. The maximum atomic E-state index is 11.8. The van der Waals surface area contributed by atoms with Crippen molar-refractivity contribution in [1.29, 1.82) is 0 Å². The third kappa shape index (κ3) is 4.63. The first-order chi connectivity index (χ1) is 10.7. The molecule has 5 heteroatoms. The van der Waals surface area contributed by atoms with Crippen molar-refractivity contribution in [2.45, 2.75) is 6.42 Å².